The number of esters is 2. The Balaban J connectivity index is 1.80. The molecule has 0 saturated carbocycles. The number of hydrogen-bond acceptors (Lipinski definition) is 7. The molecule has 1 aromatic rings. The number of amides is 2. The number of fused-ring (bicyclic) bond motifs is 1. The molecule has 0 radical (unpaired) electrons. The third kappa shape index (κ3) is 5.75. The summed E-state index contributed by atoms with van der Waals surface area (Å²) in [6, 6.07) is 7.59. The van der Waals surface area contributed by atoms with Crippen LogP contribution in [-0.4, -0.2) is 57.0 Å². The third-order valence-corrected chi connectivity index (χ3v) is 6.60. The van der Waals surface area contributed by atoms with E-state index in [0.717, 1.165) is 0 Å². The molecule has 2 aliphatic rings. The van der Waals surface area contributed by atoms with Gasteiger partial charge in [-0.05, 0) is 47.1 Å². The molecule has 10 heteroatoms. The molecule has 184 valence electrons. The van der Waals surface area contributed by atoms with Gasteiger partial charge in [-0.25, -0.2) is 4.79 Å². The monoisotopic (exact) mass is 508 g/mol. The van der Waals surface area contributed by atoms with Crippen LogP contribution in [0.5, 0.6) is 0 Å². The Morgan fingerprint density at radius 1 is 1.06 bits per heavy atom. The lowest BCUT2D eigenvalue weighted by molar-refractivity contribution is -0.161. The number of nitrogens with zero attached hydrogens (tertiary/aromatic N) is 1. The Hall–Kier alpha value is -2.52. The standard InChI is InChI=1S/C24H29ClN2O6S/c1-23(2,3)32-21(30)15(13-10-8-7-9-11-13)18(28)26-16-19(29)27-17(14(25)12-34-20(16)27)22(31)33-24(4,5)6/h7-11,15-16,20H,12H2,1-6H3,(H,26,28)/t15?,16?,20-/m0/s1. The number of benzene rings is 1. The van der Waals surface area contributed by atoms with Gasteiger partial charge in [0.2, 0.25) is 5.91 Å². The zero-order valence-electron chi connectivity index (χ0n) is 20.0. The highest BCUT2D eigenvalue weighted by Gasteiger charge is 2.55. The van der Waals surface area contributed by atoms with E-state index in [1.165, 1.54) is 16.7 Å². The number of carbonyl (C=O) groups is 4. The van der Waals surface area contributed by atoms with E-state index in [1.54, 1.807) is 71.9 Å². The lowest BCUT2D eigenvalue weighted by Gasteiger charge is -2.49. The molecular weight excluding hydrogens is 480 g/mol. The normalized spacial score (nSPS) is 21.3. The maximum Gasteiger partial charge on any atom is 0.356 e. The molecule has 1 N–H and O–H groups in total. The summed E-state index contributed by atoms with van der Waals surface area (Å²) >= 11 is 7.58. The Labute approximate surface area is 208 Å². The first-order valence-corrected chi connectivity index (χ1v) is 12.3. The van der Waals surface area contributed by atoms with Crippen LogP contribution in [0.3, 0.4) is 0 Å². The van der Waals surface area contributed by atoms with E-state index in [2.05, 4.69) is 5.32 Å². The predicted octanol–water partition coefficient (Wildman–Crippen LogP) is 3.30. The van der Waals surface area contributed by atoms with Gasteiger partial charge in [0.05, 0.1) is 5.03 Å². The van der Waals surface area contributed by atoms with Crippen LogP contribution in [0.2, 0.25) is 0 Å². The molecule has 3 atom stereocenters. The molecule has 2 unspecified atom stereocenters. The molecule has 0 aromatic heterocycles. The van der Waals surface area contributed by atoms with E-state index < -0.39 is 52.3 Å². The van der Waals surface area contributed by atoms with Gasteiger partial charge in [0.1, 0.15) is 28.3 Å². The average molecular weight is 509 g/mol. The fourth-order valence-electron chi connectivity index (χ4n) is 3.54. The van der Waals surface area contributed by atoms with E-state index in [1.807, 2.05) is 0 Å². The summed E-state index contributed by atoms with van der Waals surface area (Å²) < 4.78 is 10.9. The van der Waals surface area contributed by atoms with Gasteiger partial charge in [0.15, 0.2) is 5.92 Å². The van der Waals surface area contributed by atoms with Gasteiger partial charge in [0, 0.05) is 5.75 Å². The lowest BCUT2D eigenvalue weighted by atomic mass is 9.96. The summed E-state index contributed by atoms with van der Waals surface area (Å²) in [7, 11) is 0. The molecule has 1 saturated heterocycles. The number of carbonyl (C=O) groups excluding carboxylic acids is 4. The van der Waals surface area contributed by atoms with E-state index in [0.29, 0.717) is 5.56 Å². The van der Waals surface area contributed by atoms with Crippen molar-refractivity contribution in [3.05, 3.63) is 46.6 Å². The van der Waals surface area contributed by atoms with Gasteiger partial charge in [-0.2, -0.15) is 0 Å². The zero-order valence-corrected chi connectivity index (χ0v) is 21.6. The summed E-state index contributed by atoms with van der Waals surface area (Å²) in [5, 5.41) is 2.35. The second-order valence-electron chi connectivity index (χ2n) is 10.0. The molecule has 2 amide bonds. The fraction of sp³-hybridized carbons (Fsp3) is 0.500. The first-order chi connectivity index (χ1) is 15.7. The first kappa shape index (κ1) is 26.1. The van der Waals surface area contributed by atoms with Crippen molar-refractivity contribution in [3.63, 3.8) is 0 Å². The van der Waals surface area contributed by atoms with Gasteiger partial charge in [-0.3, -0.25) is 19.3 Å². The Bertz CT molecular complexity index is 1030. The molecule has 34 heavy (non-hydrogen) atoms. The van der Waals surface area contributed by atoms with Crippen molar-refractivity contribution in [1.82, 2.24) is 10.2 Å². The van der Waals surface area contributed by atoms with Crippen molar-refractivity contribution in [3.8, 4) is 0 Å². The maximum absolute atomic E-state index is 13.2. The van der Waals surface area contributed by atoms with Crippen LogP contribution in [0.4, 0.5) is 0 Å². The summed E-state index contributed by atoms with van der Waals surface area (Å²) in [5.41, 5.74) is -1.12. The fourth-order valence-corrected chi connectivity index (χ4v) is 5.08. The van der Waals surface area contributed by atoms with Crippen LogP contribution in [-0.2, 0) is 28.7 Å². The SMILES string of the molecule is CC(C)(C)OC(=O)C1=C(Cl)CS[C@H]2C(NC(=O)C(C(=O)OC(C)(C)C)c3ccccc3)C(=O)N12. The van der Waals surface area contributed by atoms with Gasteiger partial charge in [-0.15, -0.1) is 11.8 Å². The van der Waals surface area contributed by atoms with Crippen LogP contribution in [0, 0.1) is 0 Å². The predicted molar refractivity (Wildman–Crippen MR) is 129 cm³/mol. The molecule has 3 rings (SSSR count). The van der Waals surface area contributed by atoms with Crippen LogP contribution >= 0.6 is 23.4 Å². The molecule has 2 heterocycles. The maximum atomic E-state index is 13.2. The van der Waals surface area contributed by atoms with E-state index in [4.69, 9.17) is 21.1 Å². The second-order valence-corrected chi connectivity index (χ2v) is 11.6. The topological polar surface area (TPSA) is 102 Å². The van der Waals surface area contributed by atoms with Gasteiger partial charge in [0.25, 0.3) is 5.91 Å². The van der Waals surface area contributed by atoms with Crippen molar-refractivity contribution >= 4 is 47.1 Å². The Morgan fingerprint density at radius 2 is 1.65 bits per heavy atom. The summed E-state index contributed by atoms with van der Waals surface area (Å²) in [6.45, 7) is 10.3. The summed E-state index contributed by atoms with van der Waals surface area (Å²) in [4.78, 5) is 53.1. The number of halogens is 1. The van der Waals surface area contributed by atoms with Crippen molar-refractivity contribution in [2.75, 3.05) is 5.75 Å². The number of rotatable bonds is 5. The summed E-state index contributed by atoms with van der Waals surface area (Å²) in [6.07, 6.45) is 0. The average Bonchev–Trinajstić information content (AvgIpc) is 2.70. The van der Waals surface area contributed by atoms with E-state index in [9.17, 15) is 19.2 Å². The van der Waals surface area contributed by atoms with Crippen molar-refractivity contribution in [2.45, 2.75) is 70.1 Å². The van der Waals surface area contributed by atoms with E-state index in [-0.39, 0.29) is 16.5 Å². The molecule has 0 bridgehead atoms. The lowest BCUT2D eigenvalue weighted by Crippen LogP contribution is -2.71. The molecule has 1 fully saturated rings. The number of thioether (sulfide) groups is 1. The highest BCUT2D eigenvalue weighted by atomic mass is 35.5. The number of β-lactam (4-membered cyclic amide) rings is 1. The first-order valence-electron chi connectivity index (χ1n) is 10.8. The smallest absolute Gasteiger partial charge is 0.356 e. The van der Waals surface area contributed by atoms with Crippen molar-refractivity contribution in [2.24, 2.45) is 0 Å². The quantitative estimate of drug-likeness (QED) is 0.370. The van der Waals surface area contributed by atoms with Gasteiger partial charge >= 0.3 is 11.9 Å². The third-order valence-electron chi connectivity index (χ3n) is 4.85. The highest BCUT2D eigenvalue weighted by molar-refractivity contribution is 8.00. The highest BCUT2D eigenvalue weighted by Crippen LogP contribution is 2.42. The van der Waals surface area contributed by atoms with Crippen LogP contribution in [0.15, 0.2) is 41.1 Å². The number of nitrogens with one attached hydrogen (secondary N) is 1. The number of ether oxygens (including phenoxy) is 2. The Kier molecular flexibility index (Phi) is 7.38. The van der Waals surface area contributed by atoms with Crippen LogP contribution in [0.25, 0.3) is 0 Å². The van der Waals surface area contributed by atoms with Crippen molar-refractivity contribution in [1.29, 1.82) is 0 Å². The van der Waals surface area contributed by atoms with Crippen molar-refractivity contribution < 1.29 is 28.7 Å². The molecule has 8 nitrogen and oxygen atoms in total. The van der Waals surface area contributed by atoms with Crippen LogP contribution in [0.1, 0.15) is 53.0 Å². The molecular formula is C24H29ClN2O6S. The minimum atomic E-state index is -1.25. The van der Waals surface area contributed by atoms with Gasteiger partial charge in [-0.1, -0.05) is 41.9 Å². The minimum absolute atomic E-state index is 0.0115. The number of hydrogen-bond donors (Lipinski definition) is 1. The zero-order chi connectivity index (χ0) is 25.4. The minimum Gasteiger partial charge on any atom is -0.459 e. The molecule has 0 aliphatic carbocycles. The second kappa shape index (κ2) is 9.62. The Morgan fingerprint density at radius 3 is 2.21 bits per heavy atom. The van der Waals surface area contributed by atoms with E-state index >= 15 is 0 Å². The molecule has 2 aliphatic heterocycles. The molecule has 0 spiro atoms. The summed E-state index contributed by atoms with van der Waals surface area (Å²) in [5.74, 6) is -3.53. The van der Waals surface area contributed by atoms with Gasteiger partial charge < -0.3 is 14.8 Å². The largest absolute Gasteiger partial charge is 0.459 e. The molecule has 1 aromatic carbocycles. The van der Waals surface area contributed by atoms with Crippen LogP contribution < -0.4 is 5.32 Å².